The fourth-order valence-corrected chi connectivity index (χ4v) is 4.66. The van der Waals surface area contributed by atoms with Crippen molar-refractivity contribution >= 4 is 35.0 Å². The van der Waals surface area contributed by atoms with E-state index >= 15 is 0 Å². The zero-order valence-electron chi connectivity index (χ0n) is 20.3. The molecule has 4 aromatic carbocycles. The Kier molecular flexibility index (Phi) is 8.66. The third-order valence-electron chi connectivity index (χ3n) is 5.61. The minimum Gasteiger partial charge on any atom is -0.322 e. The molecule has 1 atom stereocenters. The Bertz CT molecular complexity index is 1550. The summed E-state index contributed by atoms with van der Waals surface area (Å²) >= 11 is 0.843. The van der Waals surface area contributed by atoms with Gasteiger partial charge in [-0.05, 0) is 54.1 Å². The van der Waals surface area contributed by atoms with Gasteiger partial charge < -0.3 is 10.6 Å². The van der Waals surface area contributed by atoms with Gasteiger partial charge in [-0.15, -0.1) is 11.8 Å². The third-order valence-corrected chi connectivity index (χ3v) is 6.87. The van der Waals surface area contributed by atoms with Crippen molar-refractivity contribution in [2.45, 2.75) is 16.3 Å². The molecule has 0 heterocycles. The highest BCUT2D eigenvalue weighted by Gasteiger charge is 2.42. The van der Waals surface area contributed by atoms with Crippen molar-refractivity contribution in [3.63, 3.8) is 0 Å². The summed E-state index contributed by atoms with van der Waals surface area (Å²) in [5.74, 6) is -12.5. The van der Waals surface area contributed by atoms with Crippen molar-refractivity contribution in [1.29, 1.82) is 0 Å². The van der Waals surface area contributed by atoms with E-state index in [0.29, 0.717) is 10.6 Å². The number of alkyl halides is 3. The molecule has 4 nitrogen and oxygen atoms in total. The Balaban J connectivity index is 1.58. The number of carbonyl (C=O) groups is 2. The van der Waals surface area contributed by atoms with E-state index in [9.17, 15) is 44.7 Å². The second-order valence-corrected chi connectivity index (χ2v) is 9.57. The first-order valence-electron chi connectivity index (χ1n) is 11.5. The lowest BCUT2D eigenvalue weighted by Crippen LogP contribution is -2.23. The van der Waals surface area contributed by atoms with Crippen molar-refractivity contribution in [3.05, 3.63) is 125 Å². The molecule has 0 aliphatic rings. The van der Waals surface area contributed by atoms with Crippen molar-refractivity contribution in [2.75, 3.05) is 10.6 Å². The fourth-order valence-electron chi connectivity index (χ4n) is 3.64. The highest BCUT2D eigenvalue weighted by Crippen LogP contribution is 2.40. The van der Waals surface area contributed by atoms with Crippen LogP contribution in [-0.2, 0) is 11.0 Å². The van der Waals surface area contributed by atoms with E-state index in [1.807, 2.05) is 0 Å². The first-order chi connectivity index (χ1) is 19.4. The molecule has 0 fully saturated rings. The molecule has 212 valence electrons. The summed E-state index contributed by atoms with van der Waals surface area (Å²) in [4.78, 5) is 25.9. The highest BCUT2D eigenvalue weighted by molar-refractivity contribution is 8.00. The molecule has 0 spiro atoms. The average Bonchev–Trinajstić information content (AvgIpc) is 2.94. The number of rotatable bonds is 7. The minimum absolute atomic E-state index is 0.196. The minimum atomic E-state index is -5.73. The maximum atomic E-state index is 14.4. The molecular formula is C28H16F8N2O2S. The zero-order chi connectivity index (χ0) is 29.9. The van der Waals surface area contributed by atoms with Crippen molar-refractivity contribution < 1.29 is 44.7 Å². The highest BCUT2D eigenvalue weighted by atomic mass is 32.2. The van der Waals surface area contributed by atoms with Crippen LogP contribution >= 0.6 is 11.8 Å². The molecule has 0 saturated heterocycles. The molecule has 4 rings (SSSR count). The molecule has 0 saturated carbocycles. The maximum Gasteiger partial charge on any atom is 0.422 e. The number of halogens is 8. The Morgan fingerprint density at radius 3 is 1.78 bits per heavy atom. The first kappa shape index (κ1) is 29.6. The van der Waals surface area contributed by atoms with E-state index in [0.717, 1.165) is 23.9 Å². The maximum absolute atomic E-state index is 14.4. The van der Waals surface area contributed by atoms with Crippen molar-refractivity contribution in [1.82, 2.24) is 0 Å². The Morgan fingerprint density at radius 2 is 1.24 bits per heavy atom. The van der Waals surface area contributed by atoms with Gasteiger partial charge in [0.2, 0.25) is 5.91 Å². The predicted molar refractivity (Wildman–Crippen MR) is 136 cm³/mol. The van der Waals surface area contributed by atoms with Crippen molar-refractivity contribution in [2.24, 2.45) is 0 Å². The number of carbonyl (C=O) groups excluding carboxylic acids is 2. The monoisotopic (exact) mass is 596 g/mol. The molecule has 0 aromatic heterocycles. The third kappa shape index (κ3) is 6.68. The van der Waals surface area contributed by atoms with Crippen LogP contribution in [0.3, 0.4) is 0 Å². The molecule has 4 aromatic rings. The van der Waals surface area contributed by atoms with Gasteiger partial charge in [0.25, 0.3) is 5.91 Å². The van der Waals surface area contributed by atoms with Gasteiger partial charge in [0, 0.05) is 16.1 Å². The van der Waals surface area contributed by atoms with Crippen LogP contribution in [0.4, 0.5) is 46.5 Å². The van der Waals surface area contributed by atoms with Crippen LogP contribution in [0.25, 0.3) is 0 Å². The van der Waals surface area contributed by atoms with Gasteiger partial charge in [0.15, 0.2) is 23.3 Å². The van der Waals surface area contributed by atoms with Gasteiger partial charge in [-0.2, -0.15) is 13.2 Å². The second kappa shape index (κ2) is 12.0. The van der Waals surface area contributed by atoms with E-state index in [2.05, 4.69) is 5.32 Å². The average molecular weight is 596 g/mol. The molecule has 0 aliphatic heterocycles. The zero-order valence-corrected chi connectivity index (χ0v) is 21.1. The van der Waals surface area contributed by atoms with E-state index in [1.54, 1.807) is 23.5 Å². The number of benzene rings is 4. The molecule has 0 aliphatic carbocycles. The van der Waals surface area contributed by atoms with Gasteiger partial charge in [-0.3, -0.25) is 9.59 Å². The van der Waals surface area contributed by atoms with E-state index in [4.69, 9.17) is 0 Å². The molecule has 41 heavy (non-hydrogen) atoms. The summed E-state index contributed by atoms with van der Waals surface area (Å²) in [6, 6.07) is 18.4. The standard InChI is InChI=1S/C28H16F8N2O2S/c29-16-8-6-15(7-9-16)26(39)37-17-10-12-18(13-11-17)41-25(14-4-2-1-3-5-14)27(40)38-24-22(32)20(30)19(28(34,35)36)21(31)23(24)33/h1-13,25H,(H,37,39)(H,38,40). The van der Waals surface area contributed by atoms with Crippen LogP contribution in [-0.4, -0.2) is 11.8 Å². The lowest BCUT2D eigenvalue weighted by Gasteiger charge is -2.19. The van der Waals surface area contributed by atoms with Gasteiger partial charge >= 0.3 is 6.18 Å². The Hall–Kier alpha value is -4.39. The van der Waals surface area contributed by atoms with Crippen molar-refractivity contribution in [3.8, 4) is 0 Å². The van der Waals surface area contributed by atoms with Crippen LogP contribution in [0.5, 0.6) is 0 Å². The first-order valence-corrected chi connectivity index (χ1v) is 12.4. The second-order valence-electron chi connectivity index (χ2n) is 8.39. The molecule has 13 heteroatoms. The molecular weight excluding hydrogens is 580 g/mol. The normalized spacial score (nSPS) is 12.1. The fraction of sp³-hybridized carbons (Fsp3) is 0.0714. The smallest absolute Gasteiger partial charge is 0.322 e. The van der Waals surface area contributed by atoms with Crippen LogP contribution in [0.1, 0.15) is 26.7 Å². The summed E-state index contributed by atoms with van der Waals surface area (Å²) in [7, 11) is 0. The Labute approximate surface area is 231 Å². The predicted octanol–water partition coefficient (Wildman–Crippen LogP) is 8.13. The van der Waals surface area contributed by atoms with Crippen LogP contribution < -0.4 is 10.6 Å². The number of nitrogens with one attached hydrogen (secondary N) is 2. The number of anilines is 2. The Morgan fingerprint density at radius 1 is 0.683 bits per heavy atom. The summed E-state index contributed by atoms with van der Waals surface area (Å²) < 4.78 is 109. The molecule has 1 unspecified atom stereocenters. The number of amides is 2. The largest absolute Gasteiger partial charge is 0.422 e. The van der Waals surface area contributed by atoms with Gasteiger partial charge in [-0.1, -0.05) is 30.3 Å². The molecule has 2 amide bonds. The number of hydrogen-bond acceptors (Lipinski definition) is 3. The molecule has 0 radical (unpaired) electrons. The van der Waals surface area contributed by atoms with Gasteiger partial charge in [0.1, 0.15) is 22.3 Å². The van der Waals surface area contributed by atoms with Crippen LogP contribution in [0.2, 0.25) is 0 Å². The van der Waals surface area contributed by atoms with Gasteiger partial charge in [-0.25, -0.2) is 22.0 Å². The quantitative estimate of drug-likeness (QED) is 0.129. The van der Waals surface area contributed by atoms with E-state index in [1.165, 1.54) is 48.5 Å². The van der Waals surface area contributed by atoms with E-state index in [-0.39, 0.29) is 11.1 Å². The van der Waals surface area contributed by atoms with Crippen LogP contribution in [0, 0.1) is 29.1 Å². The molecule has 2 N–H and O–H groups in total. The summed E-state index contributed by atoms with van der Waals surface area (Å²) in [6.45, 7) is 0. The van der Waals surface area contributed by atoms with E-state index < -0.39 is 63.6 Å². The SMILES string of the molecule is O=C(Nc1ccc(SC(C(=O)Nc2c(F)c(F)c(C(F)(F)F)c(F)c2F)c2ccccc2)cc1)c1ccc(F)cc1. The number of thioether (sulfide) groups is 1. The molecule has 0 bridgehead atoms. The summed E-state index contributed by atoms with van der Waals surface area (Å²) in [5, 5.41) is 2.99. The van der Waals surface area contributed by atoms with Gasteiger partial charge in [0.05, 0.1) is 0 Å². The van der Waals surface area contributed by atoms with Crippen LogP contribution in [0.15, 0.2) is 83.8 Å². The topological polar surface area (TPSA) is 58.2 Å². The number of hydrogen-bond donors (Lipinski definition) is 2. The lowest BCUT2D eigenvalue weighted by molar-refractivity contribution is -0.143. The summed E-state index contributed by atoms with van der Waals surface area (Å²) in [5.41, 5.74) is -3.65. The lowest BCUT2D eigenvalue weighted by atomic mass is 10.1. The summed E-state index contributed by atoms with van der Waals surface area (Å²) in [6.07, 6.45) is -5.73.